The van der Waals surface area contributed by atoms with Gasteiger partial charge in [-0.2, -0.15) is 0 Å². The molecule has 0 aliphatic rings. The van der Waals surface area contributed by atoms with Crippen molar-refractivity contribution in [2.75, 3.05) is 7.11 Å². The van der Waals surface area contributed by atoms with Gasteiger partial charge in [0.25, 0.3) is 0 Å². The summed E-state index contributed by atoms with van der Waals surface area (Å²) in [6.07, 6.45) is 1.83. The molecule has 2 aromatic carbocycles. The van der Waals surface area contributed by atoms with Crippen LogP contribution in [0.1, 0.15) is 11.6 Å². The summed E-state index contributed by atoms with van der Waals surface area (Å²) in [7, 11) is 1.66. The molecule has 0 aliphatic heterocycles. The Kier molecular flexibility index (Phi) is 3.39. The first-order chi connectivity index (χ1) is 9.79. The number of methoxy groups -OCH3 is 1. The third kappa shape index (κ3) is 2.26. The largest absolute Gasteiger partial charge is 0.496 e. The van der Waals surface area contributed by atoms with Gasteiger partial charge < -0.3 is 15.0 Å². The molecule has 3 aromatic rings. The van der Waals surface area contributed by atoms with E-state index >= 15 is 0 Å². The minimum absolute atomic E-state index is 0.135. The summed E-state index contributed by atoms with van der Waals surface area (Å²) >= 11 is 0. The van der Waals surface area contributed by atoms with Crippen molar-refractivity contribution in [3.8, 4) is 5.75 Å². The van der Waals surface area contributed by atoms with Crippen molar-refractivity contribution in [3.05, 3.63) is 60.4 Å². The fraction of sp³-hybridized carbons (Fsp3) is 0.188. The van der Waals surface area contributed by atoms with Crippen LogP contribution in [0, 0.1) is 0 Å². The maximum Gasteiger partial charge on any atom is 0.123 e. The lowest BCUT2D eigenvalue weighted by molar-refractivity contribution is 0.402. The fourth-order valence-corrected chi connectivity index (χ4v) is 2.44. The number of benzene rings is 2. The summed E-state index contributed by atoms with van der Waals surface area (Å²) in [6, 6.07) is 15.8. The molecule has 2 N–H and O–H groups in total. The second kappa shape index (κ2) is 5.35. The summed E-state index contributed by atoms with van der Waals surface area (Å²) < 4.78 is 7.44. The molecular weight excluding hydrogens is 250 g/mol. The number of fused-ring (bicyclic) bond motifs is 1. The highest BCUT2D eigenvalue weighted by Crippen LogP contribution is 2.25. The van der Waals surface area contributed by atoms with E-state index in [9.17, 15) is 0 Å². The van der Waals surface area contributed by atoms with Crippen molar-refractivity contribution < 1.29 is 4.74 Å². The molecular formula is C16H17N3O. The summed E-state index contributed by atoms with van der Waals surface area (Å²) in [6.45, 7) is 0.668. The van der Waals surface area contributed by atoms with E-state index in [1.54, 1.807) is 7.11 Å². The number of hydrogen-bond acceptors (Lipinski definition) is 3. The number of hydrogen-bond donors (Lipinski definition) is 1. The van der Waals surface area contributed by atoms with Gasteiger partial charge in [0, 0.05) is 12.1 Å². The minimum Gasteiger partial charge on any atom is -0.496 e. The third-order valence-corrected chi connectivity index (χ3v) is 3.46. The molecule has 102 valence electrons. The molecule has 1 heterocycles. The number of para-hydroxylation sites is 3. The van der Waals surface area contributed by atoms with Gasteiger partial charge in [0.15, 0.2) is 0 Å². The maximum absolute atomic E-state index is 6.33. The number of nitrogens with two attached hydrogens (primary N) is 1. The normalized spacial score (nSPS) is 12.5. The van der Waals surface area contributed by atoms with Gasteiger partial charge >= 0.3 is 0 Å². The molecule has 0 saturated carbocycles. The number of nitrogens with zero attached hydrogens (tertiary/aromatic N) is 2. The average molecular weight is 267 g/mol. The smallest absolute Gasteiger partial charge is 0.123 e. The first-order valence-electron chi connectivity index (χ1n) is 6.58. The Hall–Kier alpha value is -2.33. The topological polar surface area (TPSA) is 53.1 Å². The Morgan fingerprint density at radius 1 is 1.15 bits per heavy atom. The first-order valence-corrected chi connectivity index (χ1v) is 6.58. The summed E-state index contributed by atoms with van der Waals surface area (Å²) in [4.78, 5) is 4.38. The highest BCUT2D eigenvalue weighted by Gasteiger charge is 2.13. The molecule has 0 aliphatic carbocycles. The van der Waals surface area contributed by atoms with Crippen molar-refractivity contribution in [3.63, 3.8) is 0 Å². The zero-order valence-corrected chi connectivity index (χ0v) is 11.4. The lowest BCUT2D eigenvalue weighted by Gasteiger charge is -2.16. The zero-order valence-electron chi connectivity index (χ0n) is 11.4. The molecule has 0 radical (unpaired) electrons. The maximum atomic E-state index is 6.33. The van der Waals surface area contributed by atoms with Gasteiger partial charge in [-0.1, -0.05) is 30.3 Å². The van der Waals surface area contributed by atoms with Crippen LogP contribution in [0.3, 0.4) is 0 Å². The molecule has 1 atom stereocenters. The summed E-state index contributed by atoms with van der Waals surface area (Å²) in [5, 5.41) is 0. The highest BCUT2D eigenvalue weighted by molar-refractivity contribution is 5.74. The highest BCUT2D eigenvalue weighted by atomic mass is 16.5. The monoisotopic (exact) mass is 267 g/mol. The van der Waals surface area contributed by atoms with Crippen molar-refractivity contribution in [2.24, 2.45) is 5.73 Å². The Labute approximate surface area is 117 Å². The van der Waals surface area contributed by atoms with Crippen LogP contribution in [0.25, 0.3) is 11.0 Å². The van der Waals surface area contributed by atoms with E-state index in [0.29, 0.717) is 6.54 Å². The molecule has 0 fully saturated rings. The number of ether oxygens (including phenoxy) is 1. The lowest BCUT2D eigenvalue weighted by Crippen LogP contribution is -2.18. The lowest BCUT2D eigenvalue weighted by atomic mass is 10.1. The Morgan fingerprint density at radius 2 is 1.90 bits per heavy atom. The van der Waals surface area contributed by atoms with E-state index in [-0.39, 0.29) is 6.04 Å². The van der Waals surface area contributed by atoms with Crippen LogP contribution in [-0.2, 0) is 6.54 Å². The van der Waals surface area contributed by atoms with E-state index in [1.165, 1.54) is 0 Å². The quantitative estimate of drug-likeness (QED) is 0.790. The number of aromatic nitrogens is 2. The molecule has 4 heteroatoms. The first kappa shape index (κ1) is 12.7. The number of imidazole rings is 1. The third-order valence-electron chi connectivity index (χ3n) is 3.46. The molecule has 1 unspecified atom stereocenters. The molecule has 0 saturated heterocycles. The molecule has 4 nitrogen and oxygen atoms in total. The van der Waals surface area contributed by atoms with Crippen LogP contribution in [0.15, 0.2) is 54.9 Å². The second-order valence-electron chi connectivity index (χ2n) is 4.73. The van der Waals surface area contributed by atoms with Gasteiger partial charge in [0.1, 0.15) is 5.75 Å². The van der Waals surface area contributed by atoms with Gasteiger partial charge in [-0.05, 0) is 18.2 Å². The Bertz CT molecular complexity index is 720. The van der Waals surface area contributed by atoms with Crippen molar-refractivity contribution in [2.45, 2.75) is 12.6 Å². The zero-order chi connectivity index (χ0) is 13.9. The van der Waals surface area contributed by atoms with E-state index in [2.05, 4.69) is 15.6 Å². The van der Waals surface area contributed by atoms with Gasteiger partial charge in [0.2, 0.25) is 0 Å². The SMILES string of the molecule is COc1ccccc1C(N)Cn1cnc2ccccc21. The molecule has 1 aromatic heterocycles. The Balaban J connectivity index is 1.90. The molecule has 0 spiro atoms. The van der Waals surface area contributed by atoms with Crippen molar-refractivity contribution >= 4 is 11.0 Å². The van der Waals surface area contributed by atoms with Crippen molar-refractivity contribution in [1.82, 2.24) is 9.55 Å². The molecule has 20 heavy (non-hydrogen) atoms. The van der Waals surface area contributed by atoms with Crippen LogP contribution in [0.5, 0.6) is 5.75 Å². The van der Waals surface area contributed by atoms with Crippen LogP contribution in [0.4, 0.5) is 0 Å². The second-order valence-corrected chi connectivity index (χ2v) is 4.73. The van der Waals surface area contributed by atoms with Crippen LogP contribution in [-0.4, -0.2) is 16.7 Å². The van der Waals surface area contributed by atoms with Gasteiger partial charge in [-0.25, -0.2) is 4.98 Å². The van der Waals surface area contributed by atoms with E-state index in [0.717, 1.165) is 22.3 Å². The average Bonchev–Trinajstić information content (AvgIpc) is 2.90. The fourth-order valence-electron chi connectivity index (χ4n) is 2.44. The van der Waals surface area contributed by atoms with Gasteiger partial charge in [0.05, 0.1) is 30.5 Å². The van der Waals surface area contributed by atoms with Crippen LogP contribution < -0.4 is 10.5 Å². The molecule has 3 rings (SSSR count). The van der Waals surface area contributed by atoms with Crippen molar-refractivity contribution in [1.29, 1.82) is 0 Å². The van der Waals surface area contributed by atoms with Gasteiger partial charge in [-0.15, -0.1) is 0 Å². The standard InChI is InChI=1S/C16H17N3O/c1-20-16-9-5-2-6-12(16)13(17)10-19-11-18-14-7-3-4-8-15(14)19/h2-9,11,13H,10,17H2,1H3. The summed E-state index contributed by atoms with van der Waals surface area (Å²) in [5.74, 6) is 0.824. The summed E-state index contributed by atoms with van der Waals surface area (Å²) in [5.41, 5.74) is 9.41. The molecule has 0 bridgehead atoms. The predicted octanol–water partition coefficient (Wildman–Crippen LogP) is 2.74. The molecule has 0 amide bonds. The minimum atomic E-state index is -0.135. The van der Waals surface area contributed by atoms with E-state index < -0.39 is 0 Å². The number of rotatable bonds is 4. The van der Waals surface area contributed by atoms with E-state index in [1.807, 2.05) is 48.8 Å². The van der Waals surface area contributed by atoms with Gasteiger partial charge in [-0.3, -0.25) is 0 Å². The predicted molar refractivity (Wildman–Crippen MR) is 79.7 cm³/mol. The van der Waals surface area contributed by atoms with Crippen LogP contribution >= 0.6 is 0 Å². The van der Waals surface area contributed by atoms with E-state index in [4.69, 9.17) is 10.5 Å². The Morgan fingerprint density at radius 3 is 2.75 bits per heavy atom. The van der Waals surface area contributed by atoms with Crippen LogP contribution in [0.2, 0.25) is 0 Å².